The highest BCUT2D eigenvalue weighted by atomic mass is 16.2. The largest absolute Gasteiger partial charge is 0.352 e. The van der Waals surface area contributed by atoms with Crippen LogP contribution in [0.4, 0.5) is 0 Å². The van der Waals surface area contributed by atoms with E-state index in [4.69, 9.17) is 0 Å². The quantitative estimate of drug-likeness (QED) is 0.820. The van der Waals surface area contributed by atoms with Gasteiger partial charge in [-0.15, -0.1) is 0 Å². The van der Waals surface area contributed by atoms with Crippen LogP contribution in [-0.2, 0) is 22.7 Å². The Balaban J connectivity index is 1.40. The summed E-state index contributed by atoms with van der Waals surface area (Å²) in [6.45, 7) is 3.18. The number of carbonyl (C=O) groups excluding carboxylic acids is 2. The van der Waals surface area contributed by atoms with Crippen molar-refractivity contribution < 1.29 is 9.59 Å². The Bertz CT molecular complexity index is 765. The number of benzene rings is 2. The maximum atomic E-state index is 12.4. The van der Waals surface area contributed by atoms with Crippen LogP contribution in [0.5, 0.6) is 0 Å². The van der Waals surface area contributed by atoms with E-state index in [-0.39, 0.29) is 23.7 Å². The molecule has 142 valence electrons. The second-order valence-corrected chi connectivity index (χ2v) is 7.46. The van der Waals surface area contributed by atoms with E-state index in [0.717, 1.165) is 36.8 Å². The van der Waals surface area contributed by atoms with E-state index < -0.39 is 0 Å². The number of rotatable bonds is 6. The van der Waals surface area contributed by atoms with Gasteiger partial charge in [0.15, 0.2) is 0 Å². The molecule has 4 heteroatoms. The lowest BCUT2D eigenvalue weighted by molar-refractivity contribution is -0.130. The summed E-state index contributed by atoms with van der Waals surface area (Å²) in [6, 6.07) is 18.1. The van der Waals surface area contributed by atoms with Gasteiger partial charge in [-0.1, -0.05) is 60.2 Å². The van der Waals surface area contributed by atoms with Gasteiger partial charge in [-0.05, 0) is 43.7 Å². The summed E-state index contributed by atoms with van der Waals surface area (Å²) in [5.41, 5.74) is 3.43. The van der Waals surface area contributed by atoms with Crippen LogP contribution < -0.4 is 10.6 Å². The Kier molecular flexibility index (Phi) is 6.64. The summed E-state index contributed by atoms with van der Waals surface area (Å²) in [5.74, 6) is 0.264. The predicted molar refractivity (Wildman–Crippen MR) is 107 cm³/mol. The van der Waals surface area contributed by atoms with Crippen molar-refractivity contribution in [2.75, 3.05) is 0 Å². The van der Waals surface area contributed by atoms with E-state index in [2.05, 4.69) is 29.7 Å². The third-order valence-electron chi connectivity index (χ3n) is 5.33. The summed E-state index contributed by atoms with van der Waals surface area (Å²) >= 11 is 0. The summed E-state index contributed by atoms with van der Waals surface area (Å²) in [7, 11) is 0. The third kappa shape index (κ3) is 5.68. The van der Waals surface area contributed by atoms with Crippen LogP contribution in [0.3, 0.4) is 0 Å². The van der Waals surface area contributed by atoms with E-state index in [0.29, 0.717) is 13.1 Å². The Morgan fingerprint density at radius 1 is 0.778 bits per heavy atom. The van der Waals surface area contributed by atoms with Gasteiger partial charge < -0.3 is 10.6 Å². The van der Waals surface area contributed by atoms with Gasteiger partial charge >= 0.3 is 0 Å². The van der Waals surface area contributed by atoms with Crippen molar-refractivity contribution in [1.82, 2.24) is 10.6 Å². The zero-order chi connectivity index (χ0) is 19.1. The molecule has 3 rings (SSSR count). The minimum absolute atomic E-state index is 0.0213. The van der Waals surface area contributed by atoms with Gasteiger partial charge in [0.25, 0.3) is 0 Å². The van der Waals surface area contributed by atoms with Gasteiger partial charge in [0, 0.05) is 24.9 Å². The summed E-state index contributed by atoms with van der Waals surface area (Å²) in [5, 5.41) is 6.07. The van der Waals surface area contributed by atoms with Crippen LogP contribution in [0.25, 0.3) is 0 Å². The topological polar surface area (TPSA) is 58.2 Å². The molecule has 0 spiro atoms. The Labute approximate surface area is 161 Å². The molecule has 2 aromatic rings. The first-order valence-corrected chi connectivity index (χ1v) is 9.76. The average Bonchev–Trinajstić information content (AvgIpc) is 2.71. The molecule has 4 nitrogen and oxygen atoms in total. The summed E-state index contributed by atoms with van der Waals surface area (Å²) in [4.78, 5) is 24.8. The molecule has 0 saturated heterocycles. The molecule has 0 radical (unpaired) electrons. The smallest absolute Gasteiger partial charge is 0.223 e. The van der Waals surface area contributed by atoms with Crippen molar-refractivity contribution in [3.05, 3.63) is 71.3 Å². The number of hydrogen-bond donors (Lipinski definition) is 2. The molecular weight excluding hydrogens is 336 g/mol. The lowest BCUT2D eigenvalue weighted by Crippen LogP contribution is -2.37. The molecule has 0 atom stereocenters. The molecule has 0 aromatic heterocycles. The molecule has 0 heterocycles. The van der Waals surface area contributed by atoms with Crippen LogP contribution in [0.2, 0.25) is 0 Å². The maximum Gasteiger partial charge on any atom is 0.223 e. The van der Waals surface area contributed by atoms with Crippen molar-refractivity contribution in [2.45, 2.75) is 45.7 Å². The minimum atomic E-state index is 0.0213. The highest BCUT2D eigenvalue weighted by Gasteiger charge is 2.29. The van der Waals surface area contributed by atoms with Crippen molar-refractivity contribution >= 4 is 11.8 Å². The first-order chi connectivity index (χ1) is 13.1. The monoisotopic (exact) mass is 364 g/mol. The van der Waals surface area contributed by atoms with Crippen molar-refractivity contribution in [3.63, 3.8) is 0 Å². The fraction of sp³-hybridized carbons (Fsp3) is 0.391. The summed E-state index contributed by atoms with van der Waals surface area (Å²) in [6.07, 6.45) is 3.12. The fourth-order valence-corrected chi connectivity index (χ4v) is 3.70. The standard InChI is InChI=1S/C23H28N2O2/c1-17-6-5-9-19(14-17)16-25-23(27)21-12-10-20(11-13-21)22(26)24-15-18-7-3-2-4-8-18/h2-9,14,20-21H,10-13,15-16H2,1H3,(H,24,26)(H,25,27). The highest BCUT2D eigenvalue weighted by molar-refractivity contribution is 5.81. The van der Waals surface area contributed by atoms with Gasteiger partial charge in [0.05, 0.1) is 0 Å². The van der Waals surface area contributed by atoms with Gasteiger partial charge in [-0.3, -0.25) is 9.59 Å². The third-order valence-corrected chi connectivity index (χ3v) is 5.33. The highest BCUT2D eigenvalue weighted by Crippen LogP contribution is 2.29. The molecule has 0 bridgehead atoms. The van der Waals surface area contributed by atoms with E-state index in [1.54, 1.807) is 0 Å². The van der Waals surface area contributed by atoms with E-state index >= 15 is 0 Å². The number of hydrogen-bond acceptors (Lipinski definition) is 2. The molecule has 1 aliphatic rings. The molecule has 1 saturated carbocycles. The van der Waals surface area contributed by atoms with E-state index in [1.165, 1.54) is 5.56 Å². The molecule has 0 aliphatic heterocycles. The molecule has 1 aliphatic carbocycles. The molecule has 0 unspecified atom stereocenters. The lowest BCUT2D eigenvalue weighted by atomic mass is 9.81. The minimum Gasteiger partial charge on any atom is -0.352 e. The average molecular weight is 364 g/mol. The number of aryl methyl sites for hydroxylation is 1. The number of amides is 2. The van der Waals surface area contributed by atoms with Crippen LogP contribution in [0, 0.1) is 18.8 Å². The van der Waals surface area contributed by atoms with Gasteiger partial charge in [0.1, 0.15) is 0 Å². The number of nitrogens with one attached hydrogen (secondary N) is 2. The first kappa shape index (κ1) is 19.2. The lowest BCUT2D eigenvalue weighted by Gasteiger charge is -2.27. The fourth-order valence-electron chi connectivity index (χ4n) is 3.70. The van der Waals surface area contributed by atoms with Crippen LogP contribution in [0.15, 0.2) is 54.6 Å². The van der Waals surface area contributed by atoms with Crippen molar-refractivity contribution in [2.24, 2.45) is 11.8 Å². The predicted octanol–water partition coefficient (Wildman–Crippen LogP) is 3.73. The van der Waals surface area contributed by atoms with Crippen molar-refractivity contribution in [1.29, 1.82) is 0 Å². The molecule has 1 fully saturated rings. The zero-order valence-corrected chi connectivity index (χ0v) is 15.9. The molecule has 2 aromatic carbocycles. The molecule has 2 amide bonds. The SMILES string of the molecule is Cc1cccc(CNC(=O)C2CCC(C(=O)NCc3ccccc3)CC2)c1. The van der Waals surface area contributed by atoms with Gasteiger partial charge in [-0.25, -0.2) is 0 Å². The Hall–Kier alpha value is -2.62. The Morgan fingerprint density at radius 2 is 1.30 bits per heavy atom. The maximum absolute atomic E-state index is 12.4. The van der Waals surface area contributed by atoms with E-state index in [9.17, 15) is 9.59 Å². The normalized spacial score (nSPS) is 19.3. The van der Waals surface area contributed by atoms with Gasteiger partial charge in [-0.2, -0.15) is 0 Å². The Morgan fingerprint density at radius 3 is 1.85 bits per heavy atom. The van der Waals surface area contributed by atoms with Crippen molar-refractivity contribution in [3.8, 4) is 0 Å². The molecule has 27 heavy (non-hydrogen) atoms. The van der Waals surface area contributed by atoms with E-state index in [1.807, 2.05) is 42.5 Å². The second-order valence-electron chi connectivity index (χ2n) is 7.46. The summed E-state index contributed by atoms with van der Waals surface area (Å²) < 4.78 is 0. The van der Waals surface area contributed by atoms with Gasteiger partial charge in [0.2, 0.25) is 11.8 Å². The molecule has 2 N–H and O–H groups in total. The second kappa shape index (κ2) is 9.36. The number of carbonyl (C=O) groups is 2. The van der Waals surface area contributed by atoms with Crippen LogP contribution in [-0.4, -0.2) is 11.8 Å². The zero-order valence-electron chi connectivity index (χ0n) is 15.9. The molecular formula is C23H28N2O2. The van der Waals surface area contributed by atoms with Crippen LogP contribution >= 0.6 is 0 Å². The van der Waals surface area contributed by atoms with Crippen LogP contribution in [0.1, 0.15) is 42.4 Å². The first-order valence-electron chi connectivity index (χ1n) is 9.76.